The standard InChI is InChI=1S/C23H19N5O2S2/c1-15-13-31-23(25-15)32-14-18-17-7-2-3-8-19(17)30-21(18)22(29)26-20-9-11-28(27-20)12-16-6-4-5-10-24-16/h2-11,13H,12,14H2,1H3,(H,26,27,29). The molecule has 0 fully saturated rings. The molecule has 4 aromatic heterocycles. The van der Waals surface area contributed by atoms with Crippen LogP contribution in [0.25, 0.3) is 11.0 Å². The SMILES string of the molecule is Cc1csc(SCc2c(C(=O)Nc3ccn(Cc4ccccn4)n3)oc3ccccc23)n1. The third-order valence-corrected chi connectivity index (χ3v) is 6.94. The van der Waals surface area contributed by atoms with Crippen molar-refractivity contribution in [3.05, 3.63) is 89.0 Å². The zero-order chi connectivity index (χ0) is 21.9. The molecular formula is C23H19N5O2S2. The van der Waals surface area contributed by atoms with Crippen LogP contribution in [0.1, 0.15) is 27.5 Å². The molecule has 0 saturated heterocycles. The summed E-state index contributed by atoms with van der Waals surface area (Å²) in [6.07, 6.45) is 3.56. The van der Waals surface area contributed by atoms with Crippen LogP contribution >= 0.6 is 23.1 Å². The monoisotopic (exact) mass is 461 g/mol. The number of pyridine rings is 1. The highest BCUT2D eigenvalue weighted by molar-refractivity contribution is 8.00. The number of carbonyl (C=O) groups is 1. The molecule has 160 valence electrons. The van der Waals surface area contributed by atoms with Gasteiger partial charge in [-0.25, -0.2) is 4.98 Å². The van der Waals surface area contributed by atoms with Gasteiger partial charge in [0.25, 0.3) is 5.91 Å². The largest absolute Gasteiger partial charge is 0.451 e. The quantitative estimate of drug-likeness (QED) is 0.327. The maximum Gasteiger partial charge on any atom is 0.292 e. The van der Waals surface area contributed by atoms with Gasteiger partial charge in [-0.15, -0.1) is 11.3 Å². The number of nitrogens with one attached hydrogen (secondary N) is 1. The molecule has 1 amide bonds. The average Bonchev–Trinajstić information content (AvgIpc) is 3.52. The van der Waals surface area contributed by atoms with E-state index in [0.717, 1.165) is 26.7 Å². The van der Waals surface area contributed by atoms with Crippen molar-refractivity contribution >= 4 is 45.8 Å². The highest BCUT2D eigenvalue weighted by Crippen LogP contribution is 2.33. The summed E-state index contributed by atoms with van der Waals surface area (Å²) in [6.45, 7) is 2.50. The number of nitrogens with zero attached hydrogens (tertiary/aromatic N) is 4. The average molecular weight is 462 g/mol. The number of para-hydroxylation sites is 1. The molecule has 0 bridgehead atoms. The summed E-state index contributed by atoms with van der Waals surface area (Å²) in [7, 11) is 0. The normalized spacial score (nSPS) is 11.2. The number of benzene rings is 1. The number of anilines is 1. The van der Waals surface area contributed by atoms with Crippen molar-refractivity contribution in [2.24, 2.45) is 0 Å². The van der Waals surface area contributed by atoms with E-state index < -0.39 is 0 Å². The zero-order valence-electron chi connectivity index (χ0n) is 17.2. The number of fused-ring (bicyclic) bond motifs is 1. The molecule has 1 N–H and O–H groups in total. The van der Waals surface area contributed by atoms with Gasteiger partial charge in [0, 0.05) is 46.2 Å². The van der Waals surface area contributed by atoms with Gasteiger partial charge in [0.2, 0.25) is 0 Å². The van der Waals surface area contributed by atoms with E-state index in [0.29, 0.717) is 29.5 Å². The summed E-state index contributed by atoms with van der Waals surface area (Å²) in [5.74, 6) is 1.02. The van der Waals surface area contributed by atoms with E-state index in [1.165, 1.54) is 0 Å². The van der Waals surface area contributed by atoms with Crippen LogP contribution in [-0.2, 0) is 12.3 Å². The predicted molar refractivity (Wildman–Crippen MR) is 126 cm³/mol. The van der Waals surface area contributed by atoms with Crippen molar-refractivity contribution in [1.82, 2.24) is 19.7 Å². The van der Waals surface area contributed by atoms with Crippen LogP contribution in [0.3, 0.4) is 0 Å². The second kappa shape index (κ2) is 8.97. The third kappa shape index (κ3) is 4.44. The first-order valence-corrected chi connectivity index (χ1v) is 11.8. The van der Waals surface area contributed by atoms with Crippen molar-refractivity contribution in [2.45, 2.75) is 23.6 Å². The number of aryl methyl sites for hydroxylation is 1. The number of furan rings is 1. The fourth-order valence-electron chi connectivity index (χ4n) is 3.31. The van der Waals surface area contributed by atoms with Gasteiger partial charge in [0.1, 0.15) is 9.92 Å². The minimum absolute atomic E-state index is 0.297. The van der Waals surface area contributed by atoms with Gasteiger partial charge < -0.3 is 9.73 Å². The van der Waals surface area contributed by atoms with Crippen LogP contribution in [-0.4, -0.2) is 25.7 Å². The summed E-state index contributed by atoms with van der Waals surface area (Å²) in [5, 5.41) is 10.2. The number of carbonyl (C=O) groups excluding carboxylic acids is 1. The Hall–Kier alpha value is -3.43. The topological polar surface area (TPSA) is 85.8 Å². The molecule has 0 spiro atoms. The number of hydrogen-bond acceptors (Lipinski definition) is 7. The Morgan fingerprint density at radius 1 is 1.19 bits per heavy atom. The molecule has 0 aliphatic carbocycles. The van der Waals surface area contributed by atoms with Gasteiger partial charge in [0.05, 0.1) is 12.2 Å². The Morgan fingerprint density at radius 3 is 2.88 bits per heavy atom. The van der Waals surface area contributed by atoms with E-state index in [9.17, 15) is 4.79 Å². The van der Waals surface area contributed by atoms with E-state index in [4.69, 9.17) is 4.42 Å². The molecule has 0 aliphatic heterocycles. The molecule has 0 radical (unpaired) electrons. The van der Waals surface area contributed by atoms with Crippen LogP contribution in [0.5, 0.6) is 0 Å². The number of thioether (sulfide) groups is 1. The van der Waals surface area contributed by atoms with Crippen molar-refractivity contribution in [3.63, 3.8) is 0 Å². The summed E-state index contributed by atoms with van der Waals surface area (Å²) in [4.78, 5) is 21.9. The van der Waals surface area contributed by atoms with E-state index in [1.807, 2.05) is 61.0 Å². The molecule has 0 saturated carbocycles. The fraction of sp³-hybridized carbons (Fsp3) is 0.130. The predicted octanol–water partition coefficient (Wildman–Crippen LogP) is 5.38. The van der Waals surface area contributed by atoms with Crippen LogP contribution in [0, 0.1) is 6.92 Å². The van der Waals surface area contributed by atoms with Crippen molar-refractivity contribution in [3.8, 4) is 0 Å². The zero-order valence-corrected chi connectivity index (χ0v) is 18.8. The molecule has 0 aliphatic rings. The Morgan fingerprint density at radius 2 is 2.06 bits per heavy atom. The fourth-order valence-corrected chi connectivity index (χ4v) is 5.18. The molecular weight excluding hydrogens is 442 g/mol. The Balaban J connectivity index is 1.36. The molecule has 0 atom stereocenters. The van der Waals surface area contributed by atoms with Crippen molar-refractivity contribution in [2.75, 3.05) is 5.32 Å². The first-order chi connectivity index (χ1) is 15.7. The van der Waals surface area contributed by atoms with Gasteiger partial charge in [0.15, 0.2) is 11.6 Å². The molecule has 5 rings (SSSR count). The van der Waals surface area contributed by atoms with Crippen LogP contribution in [0.15, 0.2) is 75.1 Å². The first-order valence-electron chi connectivity index (χ1n) is 9.96. The molecule has 5 aromatic rings. The lowest BCUT2D eigenvalue weighted by molar-refractivity contribution is 0.0997. The second-order valence-corrected chi connectivity index (χ2v) is 9.20. The minimum Gasteiger partial charge on any atom is -0.451 e. The Kier molecular flexibility index (Phi) is 5.74. The van der Waals surface area contributed by atoms with Gasteiger partial charge in [-0.1, -0.05) is 36.0 Å². The maximum atomic E-state index is 13.1. The second-order valence-electron chi connectivity index (χ2n) is 7.12. The third-order valence-electron chi connectivity index (χ3n) is 4.77. The maximum absolute atomic E-state index is 13.1. The number of amides is 1. The summed E-state index contributed by atoms with van der Waals surface area (Å²) >= 11 is 3.20. The summed E-state index contributed by atoms with van der Waals surface area (Å²) < 4.78 is 8.64. The molecule has 7 nitrogen and oxygen atoms in total. The smallest absolute Gasteiger partial charge is 0.292 e. The van der Waals surface area contributed by atoms with E-state index in [1.54, 1.807) is 40.0 Å². The molecule has 1 aromatic carbocycles. The van der Waals surface area contributed by atoms with E-state index in [-0.39, 0.29) is 5.91 Å². The van der Waals surface area contributed by atoms with Crippen LogP contribution in [0.2, 0.25) is 0 Å². The Labute approximate surface area is 192 Å². The van der Waals surface area contributed by atoms with Gasteiger partial charge in [-0.2, -0.15) is 5.10 Å². The van der Waals surface area contributed by atoms with Gasteiger partial charge in [-0.3, -0.25) is 14.5 Å². The Bertz CT molecular complexity index is 1370. The summed E-state index contributed by atoms with van der Waals surface area (Å²) in [5.41, 5.74) is 3.42. The lowest BCUT2D eigenvalue weighted by Gasteiger charge is -2.03. The summed E-state index contributed by atoms with van der Waals surface area (Å²) in [6, 6.07) is 15.2. The van der Waals surface area contributed by atoms with E-state index in [2.05, 4.69) is 20.4 Å². The number of rotatable bonds is 7. The number of hydrogen-bond donors (Lipinski definition) is 1. The minimum atomic E-state index is -0.324. The van der Waals surface area contributed by atoms with Gasteiger partial charge in [-0.05, 0) is 25.1 Å². The highest BCUT2D eigenvalue weighted by Gasteiger charge is 2.22. The van der Waals surface area contributed by atoms with Crippen LogP contribution < -0.4 is 5.32 Å². The molecule has 9 heteroatoms. The number of thiazole rings is 1. The molecule has 4 heterocycles. The van der Waals surface area contributed by atoms with Crippen LogP contribution in [0.4, 0.5) is 5.82 Å². The molecule has 0 unspecified atom stereocenters. The lowest BCUT2D eigenvalue weighted by atomic mass is 10.1. The van der Waals surface area contributed by atoms with Crippen molar-refractivity contribution < 1.29 is 9.21 Å². The van der Waals surface area contributed by atoms with Gasteiger partial charge >= 0.3 is 0 Å². The van der Waals surface area contributed by atoms with E-state index >= 15 is 0 Å². The molecule has 32 heavy (non-hydrogen) atoms. The first kappa shape index (κ1) is 20.5. The van der Waals surface area contributed by atoms with Crippen molar-refractivity contribution in [1.29, 1.82) is 0 Å². The number of aromatic nitrogens is 4. The highest BCUT2D eigenvalue weighted by atomic mass is 32.2. The lowest BCUT2D eigenvalue weighted by Crippen LogP contribution is -2.14.